The molecule has 2 fully saturated rings. The second-order valence-electron chi connectivity index (χ2n) is 5.41. The van der Waals surface area contributed by atoms with E-state index in [-0.39, 0.29) is 17.0 Å². The van der Waals surface area contributed by atoms with E-state index < -0.39 is 10.0 Å². The van der Waals surface area contributed by atoms with Gasteiger partial charge in [-0.3, -0.25) is 0 Å². The molecule has 0 amide bonds. The molecule has 20 heavy (non-hydrogen) atoms. The van der Waals surface area contributed by atoms with Crippen LogP contribution in [0.25, 0.3) is 0 Å². The molecule has 1 saturated carbocycles. The molecule has 1 saturated heterocycles. The molecule has 2 N–H and O–H groups in total. The van der Waals surface area contributed by atoms with Gasteiger partial charge in [0.1, 0.15) is 16.7 Å². The Morgan fingerprint density at radius 2 is 1.80 bits per heavy atom. The van der Waals surface area contributed by atoms with E-state index in [9.17, 15) is 8.42 Å². The van der Waals surface area contributed by atoms with Gasteiger partial charge >= 0.3 is 0 Å². The highest BCUT2D eigenvalue weighted by Gasteiger charge is 2.30. The molecular formula is C14H20N2O3S. The summed E-state index contributed by atoms with van der Waals surface area (Å²) >= 11 is 0. The summed E-state index contributed by atoms with van der Waals surface area (Å²) in [4.78, 5) is 0.255. The van der Waals surface area contributed by atoms with E-state index in [4.69, 9.17) is 4.74 Å². The minimum absolute atomic E-state index is 0.0912. The molecule has 6 heteroatoms. The third-order valence-electron chi connectivity index (χ3n) is 3.62. The Morgan fingerprint density at radius 1 is 1.10 bits per heavy atom. The predicted molar refractivity (Wildman–Crippen MR) is 76.3 cm³/mol. The second kappa shape index (κ2) is 5.71. The number of nitrogens with one attached hydrogen (secondary N) is 2. The number of para-hydroxylation sites is 1. The van der Waals surface area contributed by atoms with E-state index >= 15 is 0 Å². The molecule has 1 heterocycles. The number of piperidine rings is 1. The van der Waals surface area contributed by atoms with E-state index in [1.807, 2.05) is 6.07 Å². The van der Waals surface area contributed by atoms with E-state index in [0.29, 0.717) is 5.75 Å². The van der Waals surface area contributed by atoms with Gasteiger partial charge in [0.15, 0.2) is 0 Å². The number of sulfonamides is 1. The summed E-state index contributed by atoms with van der Waals surface area (Å²) in [6.45, 7) is 1.83. The monoisotopic (exact) mass is 296 g/mol. The Morgan fingerprint density at radius 3 is 2.50 bits per heavy atom. The highest BCUT2D eigenvalue weighted by molar-refractivity contribution is 7.89. The zero-order valence-corrected chi connectivity index (χ0v) is 12.2. The number of hydrogen-bond donors (Lipinski definition) is 2. The van der Waals surface area contributed by atoms with Gasteiger partial charge in [-0.15, -0.1) is 0 Å². The van der Waals surface area contributed by atoms with E-state index in [1.165, 1.54) is 0 Å². The molecule has 1 aromatic carbocycles. The van der Waals surface area contributed by atoms with Gasteiger partial charge < -0.3 is 10.1 Å². The molecule has 1 aliphatic carbocycles. The van der Waals surface area contributed by atoms with Crippen molar-refractivity contribution in [3.63, 3.8) is 0 Å². The maximum Gasteiger partial charge on any atom is 0.244 e. The van der Waals surface area contributed by atoms with Crippen molar-refractivity contribution in [1.29, 1.82) is 0 Å². The highest BCUT2D eigenvalue weighted by atomic mass is 32.2. The van der Waals surface area contributed by atoms with Crippen LogP contribution in [0.4, 0.5) is 0 Å². The number of benzene rings is 1. The molecule has 1 aromatic rings. The number of rotatable bonds is 5. The van der Waals surface area contributed by atoms with Crippen molar-refractivity contribution in [2.45, 2.75) is 42.7 Å². The summed E-state index contributed by atoms with van der Waals surface area (Å²) in [6.07, 6.45) is 3.76. The minimum atomic E-state index is -3.47. The smallest absolute Gasteiger partial charge is 0.244 e. The summed E-state index contributed by atoms with van der Waals surface area (Å²) < 4.78 is 33.3. The Hall–Kier alpha value is -1.11. The van der Waals surface area contributed by atoms with Crippen LogP contribution in [0.5, 0.6) is 5.75 Å². The van der Waals surface area contributed by atoms with Crippen LogP contribution < -0.4 is 14.8 Å². The largest absolute Gasteiger partial charge is 0.489 e. The van der Waals surface area contributed by atoms with Gasteiger partial charge in [0.25, 0.3) is 0 Å². The summed E-state index contributed by atoms with van der Waals surface area (Å²) in [5.41, 5.74) is 0. The molecule has 3 rings (SSSR count). The van der Waals surface area contributed by atoms with Crippen LogP contribution in [-0.4, -0.2) is 33.7 Å². The molecule has 5 nitrogen and oxygen atoms in total. The van der Waals surface area contributed by atoms with Crippen LogP contribution in [0, 0.1) is 0 Å². The first kappa shape index (κ1) is 13.9. The van der Waals surface area contributed by atoms with E-state index in [1.54, 1.807) is 18.2 Å². The van der Waals surface area contributed by atoms with Crippen molar-refractivity contribution in [3.8, 4) is 5.75 Å². The summed E-state index contributed by atoms with van der Waals surface area (Å²) in [6, 6.07) is 7.00. The quantitative estimate of drug-likeness (QED) is 0.858. The first-order valence-electron chi connectivity index (χ1n) is 7.14. The van der Waals surface area contributed by atoms with Gasteiger partial charge in [-0.2, -0.15) is 0 Å². The lowest BCUT2D eigenvalue weighted by molar-refractivity contribution is 0.158. The normalized spacial score (nSPS) is 20.8. The van der Waals surface area contributed by atoms with Crippen LogP contribution in [0.1, 0.15) is 25.7 Å². The van der Waals surface area contributed by atoms with Crippen molar-refractivity contribution in [2.75, 3.05) is 13.1 Å². The van der Waals surface area contributed by atoms with Gasteiger partial charge in [0.05, 0.1) is 0 Å². The molecule has 0 atom stereocenters. The first-order valence-corrected chi connectivity index (χ1v) is 8.62. The lowest BCUT2D eigenvalue weighted by Crippen LogP contribution is -2.34. The van der Waals surface area contributed by atoms with Gasteiger partial charge in [0, 0.05) is 6.04 Å². The van der Waals surface area contributed by atoms with Crippen molar-refractivity contribution < 1.29 is 13.2 Å². The topological polar surface area (TPSA) is 67.4 Å². The van der Waals surface area contributed by atoms with Crippen LogP contribution in [0.15, 0.2) is 29.2 Å². The third kappa shape index (κ3) is 3.31. The fourth-order valence-corrected chi connectivity index (χ4v) is 3.79. The maximum absolute atomic E-state index is 12.3. The lowest BCUT2D eigenvalue weighted by atomic mass is 10.1. The van der Waals surface area contributed by atoms with Gasteiger partial charge in [-0.25, -0.2) is 13.1 Å². The molecule has 2 aliphatic rings. The summed E-state index contributed by atoms with van der Waals surface area (Å²) in [5, 5.41) is 3.27. The number of ether oxygens (including phenoxy) is 1. The second-order valence-corrected chi connectivity index (χ2v) is 7.09. The predicted octanol–water partition coefficient (Wildman–Crippen LogP) is 1.26. The fraction of sp³-hybridized carbons (Fsp3) is 0.571. The highest BCUT2D eigenvalue weighted by Crippen LogP contribution is 2.28. The average Bonchev–Trinajstić information content (AvgIpc) is 3.24. The van der Waals surface area contributed by atoms with Gasteiger partial charge in [-0.05, 0) is 50.9 Å². The summed E-state index contributed by atoms with van der Waals surface area (Å²) in [5.74, 6) is 0.465. The summed E-state index contributed by atoms with van der Waals surface area (Å²) in [7, 11) is -3.47. The fourth-order valence-electron chi connectivity index (χ4n) is 2.35. The van der Waals surface area contributed by atoms with Gasteiger partial charge in [0.2, 0.25) is 10.0 Å². The third-order valence-corrected chi connectivity index (χ3v) is 5.18. The number of hydrogen-bond acceptors (Lipinski definition) is 4. The van der Waals surface area contributed by atoms with Crippen molar-refractivity contribution in [2.24, 2.45) is 0 Å². The van der Waals surface area contributed by atoms with Crippen molar-refractivity contribution in [3.05, 3.63) is 24.3 Å². The molecule has 0 spiro atoms. The van der Waals surface area contributed by atoms with E-state index in [0.717, 1.165) is 38.8 Å². The zero-order valence-electron chi connectivity index (χ0n) is 11.3. The van der Waals surface area contributed by atoms with Crippen molar-refractivity contribution >= 4 is 10.0 Å². The molecular weight excluding hydrogens is 276 g/mol. The Balaban J connectivity index is 1.79. The van der Waals surface area contributed by atoms with E-state index in [2.05, 4.69) is 10.0 Å². The standard InChI is InChI=1S/C14H20N2O3S/c17-20(18,16-11-5-6-11)14-4-2-1-3-13(14)19-12-7-9-15-10-8-12/h1-4,11-12,15-16H,5-10H2. The van der Waals surface area contributed by atoms with Gasteiger partial charge in [-0.1, -0.05) is 12.1 Å². The molecule has 110 valence electrons. The Kier molecular flexibility index (Phi) is 3.96. The molecule has 0 unspecified atom stereocenters. The SMILES string of the molecule is O=S(=O)(NC1CC1)c1ccccc1OC1CCNCC1. The minimum Gasteiger partial charge on any atom is -0.489 e. The van der Waals surface area contributed by atoms with Crippen LogP contribution in [0.3, 0.4) is 0 Å². The van der Waals surface area contributed by atoms with Crippen LogP contribution in [0.2, 0.25) is 0 Å². The maximum atomic E-state index is 12.3. The zero-order chi connectivity index (χ0) is 14.0. The average molecular weight is 296 g/mol. The lowest BCUT2D eigenvalue weighted by Gasteiger charge is -2.24. The van der Waals surface area contributed by atoms with Crippen LogP contribution >= 0.6 is 0 Å². The molecule has 0 aromatic heterocycles. The molecule has 1 aliphatic heterocycles. The van der Waals surface area contributed by atoms with Crippen LogP contribution in [-0.2, 0) is 10.0 Å². The first-order chi connectivity index (χ1) is 9.65. The molecule has 0 radical (unpaired) electrons. The Bertz CT molecular complexity index is 564. The molecule has 0 bridgehead atoms. The van der Waals surface area contributed by atoms with Crippen molar-refractivity contribution in [1.82, 2.24) is 10.0 Å². The Labute approximate surface area is 119 Å².